The molecule has 0 atom stereocenters. The summed E-state index contributed by atoms with van der Waals surface area (Å²) in [4.78, 5) is 2.02. The Kier molecular flexibility index (Phi) is 3.46. The second-order valence-electron chi connectivity index (χ2n) is 3.86. The van der Waals surface area contributed by atoms with Gasteiger partial charge in [0.05, 0.1) is 0 Å². The van der Waals surface area contributed by atoms with Crippen LogP contribution in [0.2, 0.25) is 0 Å². The van der Waals surface area contributed by atoms with Gasteiger partial charge in [-0.1, -0.05) is 36.4 Å². The Balaban J connectivity index is 0.000000963. The maximum atomic E-state index is 4.11. The van der Waals surface area contributed by atoms with E-state index in [1.165, 1.54) is 22.5 Å². The predicted octanol–water partition coefficient (Wildman–Crippen LogP) is 3.52. The Morgan fingerprint density at radius 3 is 1.75 bits per heavy atom. The minimum atomic E-state index is 0. The van der Waals surface area contributed by atoms with E-state index in [1.54, 1.807) is 0 Å². The van der Waals surface area contributed by atoms with Crippen molar-refractivity contribution in [1.29, 1.82) is 0 Å². The second-order valence-corrected chi connectivity index (χ2v) is 3.86. The summed E-state index contributed by atoms with van der Waals surface area (Å²) in [6.45, 7) is 0. The molecule has 0 aromatic heterocycles. The van der Waals surface area contributed by atoms with Crippen LogP contribution in [-0.2, 0) is 39.1 Å². The second kappa shape index (κ2) is 4.69. The Labute approximate surface area is 121 Å². The molecule has 0 saturated heterocycles. The van der Waals surface area contributed by atoms with Crippen LogP contribution in [0.25, 0.3) is 0 Å². The zero-order valence-electron chi connectivity index (χ0n) is 9.06. The molecule has 2 aromatic rings. The van der Waals surface area contributed by atoms with Crippen molar-refractivity contribution in [2.45, 2.75) is 6.42 Å². The molecular formula is C14H12NY+2. The molecule has 0 unspecified atom stereocenters. The fourth-order valence-electron chi connectivity index (χ4n) is 2.18. The summed E-state index contributed by atoms with van der Waals surface area (Å²) in [5.74, 6) is 0. The van der Waals surface area contributed by atoms with Crippen LogP contribution in [0.15, 0.2) is 48.5 Å². The number of hydrogen-bond donors (Lipinski definition) is 0. The summed E-state index contributed by atoms with van der Waals surface area (Å²) < 4.78 is 0. The van der Waals surface area contributed by atoms with Gasteiger partial charge in [0.25, 0.3) is 0 Å². The van der Waals surface area contributed by atoms with E-state index in [0.29, 0.717) is 0 Å². The molecule has 1 heterocycles. The first kappa shape index (κ1) is 11.8. The van der Waals surface area contributed by atoms with Crippen molar-refractivity contribution in [2.75, 3.05) is 4.90 Å². The normalized spacial score (nSPS) is 12.4. The molecule has 0 radical (unpaired) electrons. The number of para-hydroxylation sites is 2. The van der Waals surface area contributed by atoms with Gasteiger partial charge in [0.2, 0.25) is 0 Å². The van der Waals surface area contributed by atoms with Gasteiger partial charge in [0.1, 0.15) is 0 Å². The number of rotatable bonds is 0. The quantitative estimate of drug-likeness (QED) is 0.669. The number of hydrogen-bond acceptors (Lipinski definition) is 1. The van der Waals surface area contributed by atoms with E-state index in [-0.39, 0.29) is 32.7 Å². The van der Waals surface area contributed by atoms with Crippen LogP contribution in [0.4, 0.5) is 11.4 Å². The van der Waals surface area contributed by atoms with Crippen molar-refractivity contribution >= 4 is 11.4 Å². The standard InChI is InChI=1S/C14H12N.Y/c1-15-13-8-4-2-6-11(13)10-12-7-3-5-9-14(12)15;/h2-9H,1,10H2;/q-1;+3. The van der Waals surface area contributed by atoms with Gasteiger partial charge in [-0.05, 0) is 23.3 Å². The summed E-state index contributed by atoms with van der Waals surface area (Å²) in [6, 6.07) is 16.9. The van der Waals surface area contributed by atoms with Crippen LogP contribution in [0.3, 0.4) is 0 Å². The summed E-state index contributed by atoms with van der Waals surface area (Å²) in [5, 5.41) is 0. The number of fused-ring (bicyclic) bond motifs is 2. The smallest absolute Gasteiger partial charge is 0.497 e. The fourth-order valence-corrected chi connectivity index (χ4v) is 2.18. The summed E-state index contributed by atoms with van der Waals surface area (Å²) >= 11 is 0. The Morgan fingerprint density at radius 2 is 1.25 bits per heavy atom. The first-order valence-electron chi connectivity index (χ1n) is 5.13. The molecule has 2 aromatic carbocycles. The van der Waals surface area contributed by atoms with Gasteiger partial charge < -0.3 is 4.90 Å². The predicted molar refractivity (Wildman–Crippen MR) is 63.2 cm³/mol. The minimum Gasteiger partial charge on any atom is -0.497 e. The molecule has 1 aliphatic heterocycles. The molecular weight excluding hydrogens is 271 g/mol. The number of benzene rings is 2. The van der Waals surface area contributed by atoms with Crippen molar-refractivity contribution < 1.29 is 32.7 Å². The Morgan fingerprint density at radius 1 is 0.812 bits per heavy atom. The summed E-state index contributed by atoms with van der Waals surface area (Å²) in [5.41, 5.74) is 5.14. The molecule has 2 heteroatoms. The molecule has 1 aliphatic rings. The monoisotopic (exact) mass is 283 g/mol. The molecule has 74 valence electrons. The molecule has 0 aliphatic carbocycles. The summed E-state index contributed by atoms with van der Waals surface area (Å²) in [7, 11) is 4.11. The largest absolute Gasteiger partial charge is 3.00 e. The molecule has 1 nitrogen and oxygen atoms in total. The Bertz CT molecular complexity index is 462. The van der Waals surface area contributed by atoms with Gasteiger partial charge in [-0.2, -0.15) is 0 Å². The SMILES string of the molecule is [CH2-]N1c2ccccc2Cc2ccccc21.[Y+3]. The van der Waals surface area contributed by atoms with Gasteiger partial charge in [0, 0.05) is 17.8 Å². The molecule has 0 fully saturated rings. The average molecular weight is 283 g/mol. The van der Waals surface area contributed by atoms with Crippen molar-refractivity contribution in [3.63, 3.8) is 0 Å². The first-order valence-corrected chi connectivity index (χ1v) is 5.13. The number of anilines is 2. The Hall–Kier alpha value is -0.656. The van der Waals surface area contributed by atoms with E-state index >= 15 is 0 Å². The third kappa shape index (κ3) is 1.83. The minimum absolute atomic E-state index is 0. The van der Waals surface area contributed by atoms with E-state index in [2.05, 4.69) is 55.6 Å². The van der Waals surface area contributed by atoms with Gasteiger partial charge in [-0.15, -0.1) is 0 Å². The molecule has 0 saturated carbocycles. The molecule has 0 bridgehead atoms. The van der Waals surface area contributed by atoms with Crippen LogP contribution >= 0.6 is 0 Å². The fraction of sp³-hybridized carbons (Fsp3) is 0.0714. The third-order valence-corrected chi connectivity index (χ3v) is 2.95. The molecule has 0 amide bonds. The molecule has 0 N–H and O–H groups in total. The van der Waals surface area contributed by atoms with Crippen molar-refractivity contribution in [2.24, 2.45) is 0 Å². The van der Waals surface area contributed by atoms with E-state index in [0.717, 1.165) is 6.42 Å². The van der Waals surface area contributed by atoms with Crippen LogP contribution in [0, 0.1) is 7.05 Å². The van der Waals surface area contributed by atoms with Gasteiger partial charge in [-0.25, -0.2) is 0 Å². The molecule has 0 spiro atoms. The van der Waals surface area contributed by atoms with Crippen LogP contribution in [0.5, 0.6) is 0 Å². The van der Waals surface area contributed by atoms with Crippen LogP contribution < -0.4 is 4.90 Å². The van der Waals surface area contributed by atoms with Crippen molar-refractivity contribution in [3.05, 3.63) is 66.7 Å². The van der Waals surface area contributed by atoms with E-state index in [1.807, 2.05) is 4.90 Å². The average Bonchev–Trinajstić information content (AvgIpc) is 2.30. The molecule has 3 rings (SSSR count). The molecule has 16 heavy (non-hydrogen) atoms. The van der Waals surface area contributed by atoms with E-state index in [4.69, 9.17) is 0 Å². The van der Waals surface area contributed by atoms with E-state index < -0.39 is 0 Å². The first-order chi connectivity index (χ1) is 7.36. The van der Waals surface area contributed by atoms with Gasteiger partial charge >= 0.3 is 32.7 Å². The summed E-state index contributed by atoms with van der Waals surface area (Å²) in [6.07, 6.45) is 1.01. The van der Waals surface area contributed by atoms with Crippen LogP contribution in [0.1, 0.15) is 11.1 Å². The maximum Gasteiger partial charge on any atom is 3.00 e. The zero-order chi connectivity index (χ0) is 10.3. The van der Waals surface area contributed by atoms with Crippen molar-refractivity contribution in [1.82, 2.24) is 0 Å². The third-order valence-electron chi connectivity index (χ3n) is 2.95. The number of nitrogens with zero attached hydrogens (tertiary/aromatic N) is 1. The van der Waals surface area contributed by atoms with Crippen LogP contribution in [-0.4, -0.2) is 0 Å². The van der Waals surface area contributed by atoms with Crippen molar-refractivity contribution in [3.8, 4) is 0 Å². The van der Waals surface area contributed by atoms with Gasteiger partial charge in [0.15, 0.2) is 0 Å². The van der Waals surface area contributed by atoms with E-state index in [9.17, 15) is 0 Å². The zero-order valence-corrected chi connectivity index (χ0v) is 11.9. The topological polar surface area (TPSA) is 3.24 Å². The maximum absolute atomic E-state index is 4.11. The van der Waals surface area contributed by atoms with Gasteiger partial charge in [-0.3, -0.25) is 7.05 Å².